The molecule has 3 nitrogen and oxygen atoms in total. The van der Waals surface area contributed by atoms with Crippen molar-refractivity contribution in [3.63, 3.8) is 0 Å². The molecule has 0 N–H and O–H groups in total. The monoisotopic (exact) mass is 467 g/mol. The molecule has 1 saturated heterocycles. The third-order valence-corrected chi connectivity index (χ3v) is 10.1. The van der Waals surface area contributed by atoms with Gasteiger partial charge in [0.05, 0.1) is 0 Å². The number of para-hydroxylation sites is 1. The second-order valence-electron chi connectivity index (χ2n) is 5.70. The number of fused-ring (bicyclic) bond motifs is 1. The number of benzene rings is 1. The predicted molar refractivity (Wildman–Crippen MR) is 94.8 cm³/mol. The number of hydrogen-bond acceptors (Lipinski definition) is 4. The number of rotatable bonds is 3. The summed E-state index contributed by atoms with van der Waals surface area (Å²) in [6.07, 6.45) is 4.75. The van der Waals surface area contributed by atoms with Gasteiger partial charge in [-0.3, -0.25) is 0 Å². The van der Waals surface area contributed by atoms with Crippen molar-refractivity contribution in [3.05, 3.63) is 49.4 Å². The number of ether oxygens (including phenoxy) is 2. The molecule has 6 heteroatoms. The molecule has 3 aliphatic heterocycles. The molecule has 0 saturated carbocycles. The van der Waals surface area contributed by atoms with Gasteiger partial charge >= 0.3 is 165 Å². The summed E-state index contributed by atoms with van der Waals surface area (Å²) < 4.78 is 14.3. The van der Waals surface area contributed by atoms with E-state index in [1.54, 1.807) is 2.51 Å². The molecule has 1 fully saturated rings. The van der Waals surface area contributed by atoms with Gasteiger partial charge in [0.15, 0.2) is 0 Å². The zero-order chi connectivity index (χ0) is 15.6. The van der Waals surface area contributed by atoms with Crippen molar-refractivity contribution in [2.45, 2.75) is 5.25 Å². The summed E-state index contributed by atoms with van der Waals surface area (Å²) in [5.74, 6) is 1.04. The van der Waals surface area contributed by atoms with Crippen LogP contribution in [0.25, 0.3) is 0 Å². The standard InChI is InChI=1S/C17H17BrNO2S.Y/c18-7-5-14(6-8-19-9-11-20-12-10-19)22-17-13-21-16-4-2-1-3-15(16)17;/h1-6,17H,9-13H2;. The molecule has 1 aromatic carbocycles. The van der Waals surface area contributed by atoms with Crippen LogP contribution < -0.4 is 4.74 Å². The van der Waals surface area contributed by atoms with Gasteiger partial charge in [-0.1, -0.05) is 0 Å². The Morgan fingerprint density at radius 1 is 1.17 bits per heavy atom. The van der Waals surface area contributed by atoms with E-state index in [9.17, 15) is 0 Å². The molecule has 3 heterocycles. The van der Waals surface area contributed by atoms with Gasteiger partial charge in [0.2, 0.25) is 0 Å². The summed E-state index contributed by atoms with van der Waals surface area (Å²) in [6.45, 7) is 4.54. The fourth-order valence-electron chi connectivity index (χ4n) is 3.02. The molecule has 1 aromatic rings. The van der Waals surface area contributed by atoms with Crippen molar-refractivity contribution in [1.82, 2.24) is 4.90 Å². The topological polar surface area (TPSA) is 21.7 Å². The van der Waals surface area contributed by atoms with E-state index in [2.05, 4.69) is 51.2 Å². The van der Waals surface area contributed by atoms with Crippen LogP contribution >= 0.6 is 27.7 Å². The van der Waals surface area contributed by atoms with Gasteiger partial charge in [-0.25, -0.2) is 0 Å². The number of halogens is 1. The van der Waals surface area contributed by atoms with E-state index in [4.69, 9.17) is 9.47 Å². The quantitative estimate of drug-likeness (QED) is 0.677. The zero-order valence-corrected chi connectivity index (χ0v) is 17.9. The first kappa shape index (κ1) is 16.5. The van der Waals surface area contributed by atoms with Crippen LogP contribution in [0.1, 0.15) is 10.8 Å². The second kappa shape index (κ2) is 7.53. The summed E-state index contributed by atoms with van der Waals surface area (Å²) in [4.78, 5) is 3.87. The van der Waals surface area contributed by atoms with Crippen LogP contribution in [-0.2, 0) is 33.4 Å². The predicted octanol–water partition coefficient (Wildman–Crippen LogP) is 3.53. The fraction of sp³-hybridized carbons (Fsp3) is 0.353. The fourth-order valence-corrected chi connectivity index (χ4v) is 9.64. The van der Waals surface area contributed by atoms with Gasteiger partial charge in [-0.15, -0.1) is 0 Å². The van der Waals surface area contributed by atoms with Crippen molar-refractivity contribution < 1.29 is 38.2 Å². The third-order valence-electron chi connectivity index (χ3n) is 4.17. The second-order valence-corrected chi connectivity index (χ2v) is 13.7. The van der Waals surface area contributed by atoms with Crippen LogP contribution in [0, 0.1) is 0 Å². The Morgan fingerprint density at radius 2 is 2.00 bits per heavy atom. The Balaban J connectivity index is 1.53. The van der Waals surface area contributed by atoms with E-state index in [1.165, 1.54) is 11.7 Å². The van der Waals surface area contributed by atoms with Crippen LogP contribution in [-0.4, -0.2) is 39.0 Å². The van der Waals surface area contributed by atoms with E-state index in [1.807, 2.05) is 17.8 Å². The van der Waals surface area contributed by atoms with Gasteiger partial charge in [-0.2, -0.15) is 0 Å². The SMILES string of the molecule is Br[C]1=[Y][C](N2CCOCC2)=CC(SC2COc3ccccc32)=C1. The minimum absolute atomic E-state index is 0.394. The van der Waals surface area contributed by atoms with Crippen molar-refractivity contribution >= 4 is 28.9 Å². The Labute approximate surface area is 164 Å². The van der Waals surface area contributed by atoms with Crippen molar-refractivity contribution in [2.75, 3.05) is 32.9 Å². The molecule has 1 unspecified atom stereocenters. The molecule has 0 radical (unpaired) electrons. The number of hydrogen-bond donors (Lipinski definition) is 0. The van der Waals surface area contributed by atoms with Crippen LogP contribution in [0.15, 0.2) is 43.8 Å². The van der Waals surface area contributed by atoms with Gasteiger partial charge in [-0.05, 0) is 0 Å². The van der Waals surface area contributed by atoms with Gasteiger partial charge in [0.25, 0.3) is 0 Å². The van der Waals surface area contributed by atoms with Crippen molar-refractivity contribution in [3.8, 4) is 5.75 Å². The molecule has 3 aliphatic rings. The van der Waals surface area contributed by atoms with E-state index in [0.717, 1.165) is 38.7 Å². The molecule has 0 aliphatic carbocycles. The summed E-state index contributed by atoms with van der Waals surface area (Å²) in [6, 6.07) is 8.40. The molecule has 118 valence electrons. The Bertz CT molecular complexity index is 698. The Hall–Kier alpha value is 0.0639. The molecule has 1 atom stereocenters. The molecule has 0 amide bonds. The van der Waals surface area contributed by atoms with E-state index in [0.29, 0.717) is 5.25 Å². The van der Waals surface area contributed by atoms with Gasteiger partial charge in [0, 0.05) is 0 Å². The van der Waals surface area contributed by atoms with Gasteiger partial charge in [0.1, 0.15) is 0 Å². The van der Waals surface area contributed by atoms with Gasteiger partial charge < -0.3 is 0 Å². The maximum absolute atomic E-state index is 5.82. The van der Waals surface area contributed by atoms with E-state index in [-0.39, 0.29) is 0 Å². The average Bonchev–Trinajstić information content (AvgIpc) is 2.98. The van der Waals surface area contributed by atoms with E-state index < -0.39 is 28.7 Å². The molecular weight excluding hydrogens is 451 g/mol. The zero-order valence-electron chi connectivity index (χ0n) is 12.7. The van der Waals surface area contributed by atoms with Crippen LogP contribution in [0.5, 0.6) is 5.75 Å². The van der Waals surface area contributed by atoms with Crippen molar-refractivity contribution in [2.24, 2.45) is 0 Å². The molecule has 0 aromatic heterocycles. The van der Waals surface area contributed by atoms with Crippen molar-refractivity contribution in [1.29, 1.82) is 0 Å². The maximum atomic E-state index is 5.82. The summed E-state index contributed by atoms with van der Waals surface area (Å²) in [5.41, 5.74) is 1.32. The Morgan fingerprint density at radius 3 is 2.87 bits per heavy atom. The molecule has 0 spiro atoms. The number of thioether (sulfide) groups is 1. The average molecular weight is 468 g/mol. The third kappa shape index (κ3) is 3.84. The number of morpholine rings is 1. The number of nitrogens with zero attached hydrogens (tertiary/aromatic N) is 1. The van der Waals surface area contributed by atoms with Crippen LogP contribution in [0.4, 0.5) is 0 Å². The first-order valence-electron chi connectivity index (χ1n) is 7.81. The molecular formula is C17H17BrNO2SY. The first-order chi connectivity index (χ1) is 11.3. The molecule has 23 heavy (non-hydrogen) atoms. The minimum atomic E-state index is -0.873. The van der Waals surface area contributed by atoms with E-state index >= 15 is 0 Å². The van der Waals surface area contributed by atoms with Crippen LogP contribution in [0.3, 0.4) is 0 Å². The normalized spacial score (nSPS) is 23.3. The summed E-state index contributed by atoms with van der Waals surface area (Å²) in [7, 11) is 0. The first-order valence-corrected chi connectivity index (χ1v) is 12.3. The molecule has 0 bridgehead atoms. The number of allylic oxidation sites excluding steroid dienone is 2. The Kier molecular flexibility index (Phi) is 5.41. The molecule has 4 rings (SSSR count). The summed E-state index contributed by atoms with van der Waals surface area (Å²) >= 11 is 4.85. The van der Waals surface area contributed by atoms with Crippen LogP contribution in [0.2, 0.25) is 0 Å². The summed E-state index contributed by atoms with van der Waals surface area (Å²) in [5, 5.41) is 0.394.